The Kier molecular flexibility index (Phi) is 4.50. The number of carbonyl (C=O) groups excluding carboxylic acids is 1. The van der Waals surface area contributed by atoms with Gasteiger partial charge in [0.05, 0.1) is 18.9 Å². The SMILES string of the molecule is O=C(Nc1ccc(N2CCOCC2)c(Br)c1)c1ccc2c(c1)OCO2. The molecule has 7 heteroatoms. The molecule has 2 aliphatic heterocycles. The van der Waals surface area contributed by atoms with E-state index in [0.717, 1.165) is 42.2 Å². The molecule has 0 radical (unpaired) electrons. The number of anilines is 2. The van der Waals surface area contributed by atoms with E-state index in [0.29, 0.717) is 17.1 Å². The number of rotatable bonds is 3. The highest BCUT2D eigenvalue weighted by atomic mass is 79.9. The summed E-state index contributed by atoms with van der Waals surface area (Å²) in [6, 6.07) is 11.0. The van der Waals surface area contributed by atoms with Crippen molar-refractivity contribution in [1.82, 2.24) is 0 Å². The average molecular weight is 405 g/mol. The molecule has 0 bridgehead atoms. The number of carbonyl (C=O) groups is 1. The van der Waals surface area contributed by atoms with Crippen LogP contribution in [0.5, 0.6) is 11.5 Å². The van der Waals surface area contributed by atoms with Gasteiger partial charge in [-0.25, -0.2) is 0 Å². The number of morpholine rings is 1. The lowest BCUT2D eigenvalue weighted by Gasteiger charge is -2.29. The van der Waals surface area contributed by atoms with Gasteiger partial charge in [-0.05, 0) is 52.3 Å². The van der Waals surface area contributed by atoms with Gasteiger partial charge >= 0.3 is 0 Å². The van der Waals surface area contributed by atoms with Crippen LogP contribution in [0.1, 0.15) is 10.4 Å². The Morgan fingerprint density at radius 3 is 2.64 bits per heavy atom. The first kappa shape index (κ1) is 16.2. The molecule has 2 aromatic rings. The molecule has 0 spiro atoms. The van der Waals surface area contributed by atoms with Crippen molar-refractivity contribution < 1.29 is 19.0 Å². The van der Waals surface area contributed by atoms with E-state index >= 15 is 0 Å². The number of fused-ring (bicyclic) bond motifs is 1. The van der Waals surface area contributed by atoms with E-state index in [1.54, 1.807) is 18.2 Å². The van der Waals surface area contributed by atoms with Crippen molar-refractivity contribution in [2.75, 3.05) is 43.3 Å². The molecule has 0 aromatic heterocycles. The van der Waals surface area contributed by atoms with Crippen LogP contribution in [-0.4, -0.2) is 39.0 Å². The second-order valence-electron chi connectivity index (χ2n) is 5.79. The Bertz CT molecular complexity index is 806. The van der Waals surface area contributed by atoms with Crippen LogP contribution in [0.4, 0.5) is 11.4 Å². The summed E-state index contributed by atoms with van der Waals surface area (Å²) in [7, 11) is 0. The number of ether oxygens (including phenoxy) is 3. The lowest BCUT2D eigenvalue weighted by atomic mass is 10.1. The Labute approximate surface area is 153 Å². The van der Waals surface area contributed by atoms with Crippen LogP contribution in [-0.2, 0) is 4.74 Å². The topological polar surface area (TPSA) is 60.0 Å². The summed E-state index contributed by atoms with van der Waals surface area (Å²) in [4.78, 5) is 14.7. The summed E-state index contributed by atoms with van der Waals surface area (Å²) in [5, 5.41) is 2.91. The van der Waals surface area contributed by atoms with Gasteiger partial charge in [0, 0.05) is 28.8 Å². The van der Waals surface area contributed by atoms with Crippen LogP contribution in [0.25, 0.3) is 0 Å². The molecule has 2 aromatic carbocycles. The standard InChI is InChI=1S/C18H17BrN2O4/c19-14-10-13(2-3-15(14)21-5-7-23-8-6-21)20-18(22)12-1-4-16-17(9-12)25-11-24-16/h1-4,9-10H,5-8,11H2,(H,20,22). The van der Waals surface area contributed by atoms with Gasteiger partial charge < -0.3 is 24.4 Å². The summed E-state index contributed by atoms with van der Waals surface area (Å²) in [5.74, 6) is 1.06. The number of nitrogens with zero attached hydrogens (tertiary/aromatic N) is 1. The molecule has 2 heterocycles. The first-order chi connectivity index (χ1) is 12.2. The molecule has 1 N–H and O–H groups in total. The third-order valence-electron chi connectivity index (χ3n) is 4.19. The smallest absolute Gasteiger partial charge is 0.255 e. The van der Waals surface area contributed by atoms with E-state index in [1.807, 2.05) is 18.2 Å². The van der Waals surface area contributed by atoms with Gasteiger partial charge in [0.1, 0.15) is 0 Å². The fraction of sp³-hybridized carbons (Fsp3) is 0.278. The zero-order chi connectivity index (χ0) is 17.2. The van der Waals surface area contributed by atoms with Crippen LogP contribution >= 0.6 is 15.9 Å². The zero-order valence-electron chi connectivity index (χ0n) is 13.5. The number of nitrogens with one attached hydrogen (secondary N) is 1. The third-order valence-corrected chi connectivity index (χ3v) is 4.83. The predicted octanol–water partition coefficient (Wildman–Crippen LogP) is 3.27. The first-order valence-corrected chi connectivity index (χ1v) is 8.83. The molecule has 0 atom stereocenters. The molecular formula is C18H17BrN2O4. The summed E-state index contributed by atoms with van der Waals surface area (Å²) in [6.45, 7) is 3.38. The molecular weight excluding hydrogens is 388 g/mol. The molecule has 130 valence electrons. The average Bonchev–Trinajstić information content (AvgIpc) is 3.10. The molecule has 0 unspecified atom stereocenters. The quantitative estimate of drug-likeness (QED) is 0.850. The number of benzene rings is 2. The zero-order valence-corrected chi connectivity index (χ0v) is 15.0. The highest BCUT2D eigenvalue weighted by Crippen LogP contribution is 2.33. The Morgan fingerprint density at radius 2 is 1.84 bits per heavy atom. The van der Waals surface area contributed by atoms with Crippen molar-refractivity contribution in [3.05, 3.63) is 46.4 Å². The largest absolute Gasteiger partial charge is 0.454 e. The molecule has 2 aliphatic rings. The van der Waals surface area contributed by atoms with E-state index in [4.69, 9.17) is 14.2 Å². The van der Waals surface area contributed by atoms with Crippen molar-refractivity contribution in [3.63, 3.8) is 0 Å². The molecule has 0 saturated carbocycles. The van der Waals surface area contributed by atoms with E-state index in [1.165, 1.54) is 0 Å². The second kappa shape index (κ2) is 6.93. The van der Waals surface area contributed by atoms with Gasteiger partial charge in [0.25, 0.3) is 5.91 Å². The molecule has 4 rings (SSSR count). The van der Waals surface area contributed by atoms with Crippen molar-refractivity contribution in [3.8, 4) is 11.5 Å². The van der Waals surface area contributed by atoms with Crippen molar-refractivity contribution >= 4 is 33.2 Å². The van der Waals surface area contributed by atoms with Crippen LogP contribution in [0.3, 0.4) is 0 Å². The maximum Gasteiger partial charge on any atom is 0.255 e. The van der Waals surface area contributed by atoms with E-state index in [9.17, 15) is 4.79 Å². The molecule has 1 fully saturated rings. The van der Waals surface area contributed by atoms with Gasteiger partial charge in [-0.3, -0.25) is 4.79 Å². The highest BCUT2D eigenvalue weighted by Gasteiger charge is 2.17. The summed E-state index contributed by atoms with van der Waals surface area (Å²) < 4.78 is 16.9. The van der Waals surface area contributed by atoms with Crippen LogP contribution in [0.2, 0.25) is 0 Å². The molecule has 1 amide bonds. The van der Waals surface area contributed by atoms with Gasteiger partial charge in [0.2, 0.25) is 6.79 Å². The lowest BCUT2D eigenvalue weighted by Crippen LogP contribution is -2.36. The minimum atomic E-state index is -0.190. The van der Waals surface area contributed by atoms with Crippen molar-refractivity contribution in [2.45, 2.75) is 0 Å². The monoisotopic (exact) mass is 404 g/mol. The summed E-state index contributed by atoms with van der Waals surface area (Å²) in [5.41, 5.74) is 2.36. The Balaban J connectivity index is 1.48. The fourth-order valence-corrected chi connectivity index (χ4v) is 3.52. The van der Waals surface area contributed by atoms with Crippen LogP contribution < -0.4 is 19.7 Å². The third kappa shape index (κ3) is 3.43. The normalized spacial score (nSPS) is 16.0. The maximum absolute atomic E-state index is 12.5. The molecule has 25 heavy (non-hydrogen) atoms. The molecule has 6 nitrogen and oxygen atoms in total. The highest BCUT2D eigenvalue weighted by molar-refractivity contribution is 9.10. The van der Waals surface area contributed by atoms with Gasteiger partial charge in [-0.2, -0.15) is 0 Å². The number of hydrogen-bond acceptors (Lipinski definition) is 5. The van der Waals surface area contributed by atoms with E-state index < -0.39 is 0 Å². The van der Waals surface area contributed by atoms with Gasteiger partial charge in [0.15, 0.2) is 11.5 Å². The van der Waals surface area contributed by atoms with E-state index in [-0.39, 0.29) is 12.7 Å². The fourth-order valence-electron chi connectivity index (χ4n) is 2.89. The Hall–Kier alpha value is -2.25. The first-order valence-electron chi connectivity index (χ1n) is 8.04. The number of halogens is 1. The van der Waals surface area contributed by atoms with Gasteiger partial charge in [-0.15, -0.1) is 0 Å². The summed E-state index contributed by atoms with van der Waals surface area (Å²) in [6.07, 6.45) is 0. The maximum atomic E-state index is 12.5. The van der Waals surface area contributed by atoms with Crippen LogP contribution in [0.15, 0.2) is 40.9 Å². The van der Waals surface area contributed by atoms with Crippen molar-refractivity contribution in [2.24, 2.45) is 0 Å². The van der Waals surface area contributed by atoms with Gasteiger partial charge in [-0.1, -0.05) is 0 Å². The minimum absolute atomic E-state index is 0.190. The number of amides is 1. The Morgan fingerprint density at radius 1 is 1.04 bits per heavy atom. The van der Waals surface area contributed by atoms with Crippen LogP contribution in [0, 0.1) is 0 Å². The number of hydrogen-bond donors (Lipinski definition) is 1. The second-order valence-corrected chi connectivity index (χ2v) is 6.64. The predicted molar refractivity (Wildman–Crippen MR) is 97.7 cm³/mol. The lowest BCUT2D eigenvalue weighted by molar-refractivity contribution is 0.102. The molecule has 1 saturated heterocycles. The van der Waals surface area contributed by atoms with Crippen molar-refractivity contribution in [1.29, 1.82) is 0 Å². The van der Waals surface area contributed by atoms with E-state index in [2.05, 4.69) is 26.1 Å². The summed E-state index contributed by atoms with van der Waals surface area (Å²) >= 11 is 3.60. The minimum Gasteiger partial charge on any atom is -0.454 e. The molecule has 0 aliphatic carbocycles.